The molecule has 1 aliphatic rings. The number of hydrogen-bond donors (Lipinski definition) is 2. The molecule has 0 spiro atoms. The van der Waals surface area contributed by atoms with Crippen molar-refractivity contribution in [2.75, 3.05) is 19.6 Å². The highest BCUT2D eigenvalue weighted by Crippen LogP contribution is 2.27. The number of nitrogens with one attached hydrogen (secondary N) is 2. The van der Waals surface area contributed by atoms with Gasteiger partial charge in [-0.05, 0) is 43.0 Å². The van der Waals surface area contributed by atoms with Crippen LogP contribution in [0.3, 0.4) is 0 Å². The number of carbonyl (C=O) groups is 1. The minimum atomic E-state index is -0.100. The number of amides is 1. The molecule has 0 saturated heterocycles. The van der Waals surface area contributed by atoms with Crippen molar-refractivity contribution in [1.82, 2.24) is 10.6 Å². The molecule has 0 aromatic heterocycles. The number of carbonyl (C=O) groups excluding carboxylic acids is 1. The molecule has 1 aliphatic carbocycles. The molecule has 4 heteroatoms. The van der Waals surface area contributed by atoms with Gasteiger partial charge in [0.25, 0.3) is 0 Å². The van der Waals surface area contributed by atoms with Gasteiger partial charge >= 0.3 is 0 Å². The Labute approximate surface area is 126 Å². The Morgan fingerprint density at radius 3 is 2.55 bits per heavy atom. The van der Waals surface area contributed by atoms with Gasteiger partial charge in [0.15, 0.2) is 0 Å². The maximum absolute atomic E-state index is 11.8. The minimum Gasteiger partial charge on any atom is -0.354 e. The Balaban J connectivity index is 1.75. The summed E-state index contributed by atoms with van der Waals surface area (Å²) < 4.78 is 0. The van der Waals surface area contributed by atoms with Crippen LogP contribution in [0.25, 0.3) is 0 Å². The minimum absolute atomic E-state index is 0.0627. The smallest absolute Gasteiger partial charge is 0.233 e. The first kappa shape index (κ1) is 15.3. The van der Waals surface area contributed by atoms with Gasteiger partial charge in [-0.2, -0.15) is 0 Å². The maximum atomic E-state index is 11.8. The fraction of sp³-hybridized carbons (Fsp3) is 0.562. The molecule has 2 N–H and O–H groups in total. The molecule has 0 aliphatic heterocycles. The third kappa shape index (κ3) is 4.80. The van der Waals surface area contributed by atoms with Crippen molar-refractivity contribution in [2.24, 2.45) is 5.92 Å². The van der Waals surface area contributed by atoms with Crippen molar-refractivity contribution >= 4 is 17.5 Å². The Morgan fingerprint density at radius 2 is 1.95 bits per heavy atom. The lowest BCUT2D eigenvalue weighted by Crippen LogP contribution is -2.41. The van der Waals surface area contributed by atoms with Gasteiger partial charge in [0.05, 0.1) is 6.54 Å². The zero-order valence-electron chi connectivity index (χ0n) is 12.2. The van der Waals surface area contributed by atoms with Crippen molar-refractivity contribution in [1.29, 1.82) is 0 Å². The third-order valence-electron chi connectivity index (χ3n) is 3.77. The van der Waals surface area contributed by atoms with Crippen molar-refractivity contribution < 1.29 is 4.79 Å². The first-order chi connectivity index (χ1) is 9.47. The molecule has 20 heavy (non-hydrogen) atoms. The molecule has 0 radical (unpaired) electrons. The van der Waals surface area contributed by atoms with Gasteiger partial charge in [-0.3, -0.25) is 4.79 Å². The fourth-order valence-corrected chi connectivity index (χ4v) is 2.22. The molecule has 110 valence electrons. The molecule has 1 aromatic carbocycles. The van der Waals surface area contributed by atoms with Gasteiger partial charge in [-0.15, -0.1) is 0 Å². The van der Waals surface area contributed by atoms with Crippen LogP contribution >= 0.6 is 11.6 Å². The highest BCUT2D eigenvalue weighted by Gasteiger charge is 2.22. The van der Waals surface area contributed by atoms with Crippen LogP contribution in [0.15, 0.2) is 24.3 Å². The number of hydrogen-bond acceptors (Lipinski definition) is 2. The van der Waals surface area contributed by atoms with Gasteiger partial charge in [0.1, 0.15) is 0 Å². The van der Waals surface area contributed by atoms with E-state index in [9.17, 15) is 4.79 Å². The monoisotopic (exact) mass is 294 g/mol. The second kappa shape index (κ2) is 6.59. The second-order valence-electron chi connectivity index (χ2n) is 6.24. The van der Waals surface area contributed by atoms with Crippen LogP contribution in [0.5, 0.6) is 0 Å². The molecule has 0 heterocycles. The topological polar surface area (TPSA) is 41.1 Å². The molecule has 2 rings (SSSR count). The Kier molecular flexibility index (Phi) is 5.06. The van der Waals surface area contributed by atoms with E-state index in [1.165, 1.54) is 18.4 Å². The molecule has 1 fully saturated rings. The summed E-state index contributed by atoms with van der Waals surface area (Å²) in [5, 5.41) is 6.93. The van der Waals surface area contributed by atoms with Crippen molar-refractivity contribution in [2.45, 2.75) is 32.1 Å². The summed E-state index contributed by atoms with van der Waals surface area (Å²) >= 11 is 5.90. The molecule has 1 aromatic rings. The molecule has 0 bridgehead atoms. The third-order valence-corrected chi connectivity index (χ3v) is 4.02. The highest BCUT2D eigenvalue weighted by atomic mass is 35.5. The first-order valence-corrected chi connectivity index (χ1v) is 7.58. The zero-order valence-corrected chi connectivity index (χ0v) is 13.0. The van der Waals surface area contributed by atoms with Crippen molar-refractivity contribution in [3.8, 4) is 0 Å². The lowest BCUT2D eigenvalue weighted by molar-refractivity contribution is -0.120. The molecule has 0 unspecified atom stereocenters. The van der Waals surface area contributed by atoms with Crippen LogP contribution in [-0.4, -0.2) is 25.5 Å². The molecular weight excluding hydrogens is 272 g/mol. The van der Waals surface area contributed by atoms with E-state index in [0.29, 0.717) is 13.1 Å². The van der Waals surface area contributed by atoms with E-state index in [4.69, 9.17) is 11.6 Å². The summed E-state index contributed by atoms with van der Waals surface area (Å²) in [5.74, 6) is 0.862. The summed E-state index contributed by atoms with van der Waals surface area (Å²) in [6, 6.07) is 7.80. The van der Waals surface area contributed by atoms with E-state index in [1.54, 1.807) is 0 Å². The SMILES string of the molecule is CC(C)(CNC(=O)CNCC1CC1)c1ccc(Cl)cc1. The molecular formula is C16H23ClN2O. The van der Waals surface area contributed by atoms with E-state index in [-0.39, 0.29) is 11.3 Å². The average molecular weight is 295 g/mol. The van der Waals surface area contributed by atoms with Crippen LogP contribution in [0.4, 0.5) is 0 Å². The normalized spacial score (nSPS) is 15.2. The van der Waals surface area contributed by atoms with E-state index < -0.39 is 0 Å². The van der Waals surface area contributed by atoms with Crippen molar-refractivity contribution in [3.63, 3.8) is 0 Å². The number of rotatable bonds is 7. The van der Waals surface area contributed by atoms with E-state index in [0.717, 1.165) is 17.5 Å². The standard InChI is InChI=1S/C16H23ClN2O/c1-16(2,13-5-7-14(17)8-6-13)11-19-15(20)10-18-9-12-3-4-12/h5-8,12,18H,3-4,9-11H2,1-2H3,(H,19,20). The first-order valence-electron chi connectivity index (χ1n) is 7.21. The predicted molar refractivity (Wildman–Crippen MR) is 83.1 cm³/mol. The van der Waals surface area contributed by atoms with E-state index in [1.807, 2.05) is 24.3 Å². The lowest BCUT2D eigenvalue weighted by Gasteiger charge is -2.25. The maximum Gasteiger partial charge on any atom is 0.233 e. The Bertz CT molecular complexity index is 452. The molecule has 3 nitrogen and oxygen atoms in total. The number of halogens is 1. The Morgan fingerprint density at radius 1 is 1.30 bits per heavy atom. The average Bonchev–Trinajstić information content (AvgIpc) is 3.21. The van der Waals surface area contributed by atoms with Crippen LogP contribution in [0.1, 0.15) is 32.3 Å². The second-order valence-corrected chi connectivity index (χ2v) is 6.68. The molecule has 0 atom stereocenters. The van der Waals surface area contributed by atoms with Gasteiger partial charge in [-0.25, -0.2) is 0 Å². The molecule has 1 amide bonds. The number of benzene rings is 1. The fourth-order valence-electron chi connectivity index (χ4n) is 2.10. The van der Waals surface area contributed by atoms with Crippen LogP contribution in [0.2, 0.25) is 5.02 Å². The van der Waals surface area contributed by atoms with E-state index in [2.05, 4.69) is 24.5 Å². The summed E-state index contributed by atoms with van der Waals surface area (Å²) in [5.41, 5.74) is 1.07. The van der Waals surface area contributed by atoms with Gasteiger partial charge in [0, 0.05) is 17.0 Å². The van der Waals surface area contributed by atoms with Gasteiger partial charge in [-0.1, -0.05) is 37.6 Å². The largest absolute Gasteiger partial charge is 0.354 e. The lowest BCUT2D eigenvalue weighted by atomic mass is 9.84. The predicted octanol–water partition coefficient (Wildman–Crippen LogP) is 2.73. The summed E-state index contributed by atoms with van der Waals surface area (Å²) in [6.07, 6.45) is 2.61. The summed E-state index contributed by atoms with van der Waals surface area (Å²) in [7, 11) is 0. The summed E-state index contributed by atoms with van der Waals surface area (Å²) in [4.78, 5) is 11.8. The van der Waals surface area contributed by atoms with Crippen LogP contribution in [-0.2, 0) is 10.2 Å². The van der Waals surface area contributed by atoms with Crippen molar-refractivity contribution in [3.05, 3.63) is 34.9 Å². The quantitative estimate of drug-likeness (QED) is 0.812. The van der Waals surface area contributed by atoms with Gasteiger partial charge in [0.2, 0.25) is 5.91 Å². The highest BCUT2D eigenvalue weighted by molar-refractivity contribution is 6.30. The van der Waals surface area contributed by atoms with Crippen LogP contribution in [0, 0.1) is 5.92 Å². The van der Waals surface area contributed by atoms with E-state index >= 15 is 0 Å². The Hall–Kier alpha value is -1.06. The summed E-state index contributed by atoms with van der Waals surface area (Å²) in [6.45, 7) is 6.24. The molecule has 1 saturated carbocycles. The zero-order chi connectivity index (χ0) is 14.6. The van der Waals surface area contributed by atoms with Gasteiger partial charge < -0.3 is 10.6 Å². The van der Waals surface area contributed by atoms with Crippen LogP contribution < -0.4 is 10.6 Å².